The molecule has 0 unspecified atom stereocenters. The molecule has 24 heavy (non-hydrogen) atoms. The van der Waals surface area contributed by atoms with E-state index >= 15 is 0 Å². The minimum Gasteiger partial charge on any atom is -0.334 e. The molecule has 0 saturated carbocycles. The molecule has 3 amide bonds. The summed E-state index contributed by atoms with van der Waals surface area (Å²) in [5.41, 5.74) is 3.38. The molecule has 1 aliphatic rings. The van der Waals surface area contributed by atoms with Gasteiger partial charge in [0.25, 0.3) is 0 Å². The molecule has 124 valence electrons. The first-order chi connectivity index (χ1) is 11.5. The predicted molar refractivity (Wildman–Crippen MR) is 90.4 cm³/mol. The summed E-state index contributed by atoms with van der Waals surface area (Å²) in [6.45, 7) is 2.51. The van der Waals surface area contributed by atoms with Crippen LogP contribution in [0, 0.1) is 5.82 Å². The Morgan fingerprint density at radius 1 is 1.17 bits per heavy atom. The van der Waals surface area contributed by atoms with Crippen LogP contribution in [0.5, 0.6) is 0 Å². The molecular formula is C18H18FN3O2. The quantitative estimate of drug-likeness (QED) is 0.910. The normalized spacial score (nSPS) is 12.7. The second kappa shape index (κ2) is 6.70. The van der Waals surface area contributed by atoms with E-state index < -0.39 is 0 Å². The number of nitrogens with zero attached hydrogens (tertiary/aromatic N) is 1. The number of urea groups is 1. The van der Waals surface area contributed by atoms with Crippen molar-refractivity contribution in [1.82, 2.24) is 5.32 Å². The molecule has 3 rings (SSSR count). The molecule has 1 aliphatic heterocycles. The van der Waals surface area contributed by atoms with Gasteiger partial charge in [0.15, 0.2) is 0 Å². The van der Waals surface area contributed by atoms with Crippen LogP contribution in [0.4, 0.5) is 20.6 Å². The van der Waals surface area contributed by atoms with Crippen molar-refractivity contribution in [2.75, 3.05) is 16.8 Å². The molecule has 0 aromatic heterocycles. The minimum absolute atomic E-state index is 0.00772. The van der Waals surface area contributed by atoms with E-state index in [1.165, 1.54) is 19.1 Å². The number of halogens is 1. The van der Waals surface area contributed by atoms with Gasteiger partial charge in [0.2, 0.25) is 5.91 Å². The van der Waals surface area contributed by atoms with Crippen molar-refractivity contribution in [3.05, 3.63) is 59.4 Å². The number of carbonyl (C=O) groups is 2. The fraction of sp³-hybridized carbons (Fsp3) is 0.222. The van der Waals surface area contributed by atoms with Gasteiger partial charge in [-0.1, -0.05) is 18.2 Å². The molecule has 2 aromatic rings. The molecule has 1 heterocycles. The molecule has 0 radical (unpaired) electrons. The Morgan fingerprint density at radius 3 is 2.62 bits per heavy atom. The second-order valence-corrected chi connectivity index (χ2v) is 5.70. The average molecular weight is 327 g/mol. The van der Waals surface area contributed by atoms with E-state index in [1.54, 1.807) is 23.1 Å². The average Bonchev–Trinajstić information content (AvgIpc) is 2.98. The van der Waals surface area contributed by atoms with E-state index in [4.69, 9.17) is 0 Å². The fourth-order valence-corrected chi connectivity index (χ4v) is 2.74. The Bertz CT molecular complexity index is 774. The molecule has 0 bridgehead atoms. The SMILES string of the molecule is CC(=O)N1CCc2ccc(NC(=O)NCc3ccc(F)cc3)cc21. The standard InChI is InChI=1S/C18H18FN3O2/c1-12(23)22-9-8-14-4-7-16(10-17(14)22)21-18(24)20-11-13-2-5-15(19)6-3-13/h2-7,10H,8-9,11H2,1H3,(H2,20,21,24). The zero-order chi connectivity index (χ0) is 17.1. The van der Waals surface area contributed by atoms with Crippen molar-refractivity contribution in [2.24, 2.45) is 0 Å². The van der Waals surface area contributed by atoms with Crippen molar-refractivity contribution in [3.63, 3.8) is 0 Å². The third-order valence-corrected chi connectivity index (χ3v) is 3.99. The maximum Gasteiger partial charge on any atom is 0.319 e. The van der Waals surface area contributed by atoms with Crippen molar-refractivity contribution < 1.29 is 14.0 Å². The zero-order valence-corrected chi connectivity index (χ0v) is 13.3. The number of amides is 3. The molecule has 2 N–H and O–H groups in total. The van der Waals surface area contributed by atoms with Crippen LogP contribution in [0.3, 0.4) is 0 Å². The van der Waals surface area contributed by atoms with E-state index in [0.29, 0.717) is 18.8 Å². The maximum atomic E-state index is 12.8. The number of benzene rings is 2. The summed E-state index contributed by atoms with van der Waals surface area (Å²) in [5, 5.41) is 5.47. The van der Waals surface area contributed by atoms with Gasteiger partial charge in [-0.2, -0.15) is 0 Å². The zero-order valence-electron chi connectivity index (χ0n) is 13.3. The highest BCUT2D eigenvalue weighted by molar-refractivity contribution is 5.96. The van der Waals surface area contributed by atoms with Crippen molar-refractivity contribution in [3.8, 4) is 0 Å². The largest absolute Gasteiger partial charge is 0.334 e. The number of hydrogen-bond acceptors (Lipinski definition) is 2. The van der Waals surface area contributed by atoms with Gasteiger partial charge in [0, 0.05) is 31.4 Å². The lowest BCUT2D eigenvalue weighted by atomic mass is 10.1. The van der Waals surface area contributed by atoms with Gasteiger partial charge in [0.1, 0.15) is 5.82 Å². The smallest absolute Gasteiger partial charge is 0.319 e. The van der Waals surface area contributed by atoms with Crippen LogP contribution in [-0.4, -0.2) is 18.5 Å². The lowest BCUT2D eigenvalue weighted by Crippen LogP contribution is -2.28. The van der Waals surface area contributed by atoms with Crippen LogP contribution in [0.1, 0.15) is 18.1 Å². The van der Waals surface area contributed by atoms with Crippen LogP contribution >= 0.6 is 0 Å². The number of carbonyl (C=O) groups excluding carboxylic acids is 2. The summed E-state index contributed by atoms with van der Waals surface area (Å²) in [7, 11) is 0. The number of fused-ring (bicyclic) bond motifs is 1. The molecule has 0 aliphatic carbocycles. The summed E-state index contributed by atoms with van der Waals surface area (Å²) in [5.74, 6) is -0.317. The topological polar surface area (TPSA) is 61.4 Å². The Hall–Kier alpha value is -2.89. The molecule has 0 atom stereocenters. The summed E-state index contributed by atoms with van der Waals surface area (Å²) < 4.78 is 12.8. The fourth-order valence-electron chi connectivity index (χ4n) is 2.74. The summed E-state index contributed by atoms with van der Waals surface area (Å²) in [6, 6.07) is 11.1. The maximum absolute atomic E-state index is 12.8. The summed E-state index contributed by atoms with van der Waals surface area (Å²) in [6.07, 6.45) is 0.825. The third kappa shape index (κ3) is 3.53. The van der Waals surface area contributed by atoms with Crippen molar-refractivity contribution in [2.45, 2.75) is 19.9 Å². The first-order valence-electron chi connectivity index (χ1n) is 7.73. The van der Waals surface area contributed by atoms with Gasteiger partial charge < -0.3 is 15.5 Å². The van der Waals surface area contributed by atoms with Crippen LogP contribution < -0.4 is 15.5 Å². The van der Waals surface area contributed by atoms with Gasteiger partial charge in [-0.3, -0.25) is 4.79 Å². The molecule has 5 nitrogen and oxygen atoms in total. The van der Waals surface area contributed by atoms with E-state index in [9.17, 15) is 14.0 Å². The van der Waals surface area contributed by atoms with E-state index in [0.717, 1.165) is 23.2 Å². The predicted octanol–water partition coefficient (Wildman–Crippen LogP) is 3.06. The van der Waals surface area contributed by atoms with Gasteiger partial charge in [0.05, 0.1) is 0 Å². The first-order valence-corrected chi connectivity index (χ1v) is 7.73. The Labute approximate surface area is 139 Å². The third-order valence-electron chi connectivity index (χ3n) is 3.99. The lowest BCUT2D eigenvalue weighted by Gasteiger charge is -2.16. The second-order valence-electron chi connectivity index (χ2n) is 5.70. The Balaban J connectivity index is 1.62. The number of hydrogen-bond donors (Lipinski definition) is 2. The van der Waals surface area contributed by atoms with Gasteiger partial charge in [-0.25, -0.2) is 9.18 Å². The van der Waals surface area contributed by atoms with Crippen LogP contribution in [-0.2, 0) is 17.8 Å². The highest BCUT2D eigenvalue weighted by Gasteiger charge is 2.22. The minimum atomic E-state index is -0.355. The number of nitrogens with one attached hydrogen (secondary N) is 2. The first kappa shape index (κ1) is 16.0. The summed E-state index contributed by atoms with van der Waals surface area (Å²) in [4.78, 5) is 25.3. The van der Waals surface area contributed by atoms with Gasteiger partial charge in [-0.15, -0.1) is 0 Å². The molecule has 6 heteroatoms. The van der Waals surface area contributed by atoms with Gasteiger partial charge in [-0.05, 0) is 41.8 Å². The molecule has 0 saturated heterocycles. The van der Waals surface area contributed by atoms with Crippen LogP contribution in [0.15, 0.2) is 42.5 Å². The lowest BCUT2D eigenvalue weighted by molar-refractivity contribution is -0.116. The van der Waals surface area contributed by atoms with Crippen LogP contribution in [0.25, 0.3) is 0 Å². The number of anilines is 2. The molecule has 0 fully saturated rings. The van der Waals surface area contributed by atoms with E-state index in [-0.39, 0.29) is 17.8 Å². The van der Waals surface area contributed by atoms with E-state index in [1.807, 2.05) is 12.1 Å². The molecule has 2 aromatic carbocycles. The summed E-state index contributed by atoms with van der Waals surface area (Å²) >= 11 is 0. The Kier molecular flexibility index (Phi) is 4.46. The Morgan fingerprint density at radius 2 is 1.92 bits per heavy atom. The van der Waals surface area contributed by atoms with Crippen molar-refractivity contribution in [1.29, 1.82) is 0 Å². The van der Waals surface area contributed by atoms with E-state index in [2.05, 4.69) is 10.6 Å². The van der Waals surface area contributed by atoms with Crippen LogP contribution in [0.2, 0.25) is 0 Å². The monoisotopic (exact) mass is 327 g/mol. The highest BCUT2D eigenvalue weighted by Crippen LogP contribution is 2.30. The number of rotatable bonds is 3. The molecule has 0 spiro atoms. The highest BCUT2D eigenvalue weighted by atomic mass is 19.1. The molecular weight excluding hydrogens is 309 g/mol. The van der Waals surface area contributed by atoms with Gasteiger partial charge >= 0.3 is 6.03 Å². The van der Waals surface area contributed by atoms with Crippen molar-refractivity contribution >= 4 is 23.3 Å².